The molecule has 1 aliphatic rings. The molecular formula is C26H25F4N7O2. The molecule has 4 aromatic rings. The predicted molar refractivity (Wildman–Crippen MR) is 137 cm³/mol. The minimum atomic E-state index is -4.94. The maximum Gasteiger partial charge on any atom is 0.419 e. The predicted octanol–water partition coefficient (Wildman–Crippen LogP) is 4.49. The van der Waals surface area contributed by atoms with Crippen molar-refractivity contribution in [2.45, 2.75) is 19.6 Å². The van der Waals surface area contributed by atoms with Crippen LogP contribution in [0.15, 0.2) is 48.8 Å². The number of hydrogen-bond donors (Lipinski definition) is 2. The first kappa shape index (κ1) is 26.4. The minimum absolute atomic E-state index is 0.216. The number of ether oxygens (including phenoxy) is 1. The number of primary amides is 1. The number of urea groups is 1. The van der Waals surface area contributed by atoms with E-state index in [1.807, 2.05) is 6.07 Å². The third kappa shape index (κ3) is 5.10. The van der Waals surface area contributed by atoms with Gasteiger partial charge >= 0.3 is 12.2 Å². The van der Waals surface area contributed by atoms with Gasteiger partial charge in [-0.05, 0) is 54.4 Å². The Bertz CT molecular complexity index is 1550. The van der Waals surface area contributed by atoms with E-state index in [2.05, 4.69) is 15.0 Å². The number of aryl methyl sites for hydroxylation is 1. The summed E-state index contributed by atoms with van der Waals surface area (Å²) >= 11 is 0. The van der Waals surface area contributed by atoms with Crippen LogP contribution in [-0.2, 0) is 17.5 Å². The number of fused-ring (bicyclic) bond motifs is 1. The SMILES string of the molecule is Cc1cc(-c2cc(CN3CCOCC3)n3ncnc(N)c23)ccc1N(C(N)=O)c1ccc(F)c(C(F)(F)F)c1. The second-order valence-electron chi connectivity index (χ2n) is 9.18. The lowest BCUT2D eigenvalue weighted by Crippen LogP contribution is -2.36. The Kier molecular flexibility index (Phi) is 6.87. The van der Waals surface area contributed by atoms with Gasteiger partial charge in [0.1, 0.15) is 17.7 Å². The van der Waals surface area contributed by atoms with Crippen molar-refractivity contribution in [3.8, 4) is 11.1 Å². The fraction of sp³-hybridized carbons (Fsp3) is 0.269. The van der Waals surface area contributed by atoms with E-state index < -0.39 is 23.6 Å². The van der Waals surface area contributed by atoms with Gasteiger partial charge in [-0.3, -0.25) is 9.80 Å². The van der Waals surface area contributed by atoms with Gasteiger partial charge in [-0.2, -0.15) is 18.3 Å². The molecule has 2 aromatic carbocycles. The van der Waals surface area contributed by atoms with Crippen molar-refractivity contribution in [1.82, 2.24) is 19.5 Å². The van der Waals surface area contributed by atoms with Crippen LogP contribution >= 0.6 is 0 Å². The lowest BCUT2D eigenvalue weighted by Gasteiger charge is -2.26. The van der Waals surface area contributed by atoms with E-state index in [1.165, 1.54) is 6.33 Å². The van der Waals surface area contributed by atoms with Gasteiger partial charge in [-0.25, -0.2) is 18.7 Å². The average Bonchev–Trinajstić information content (AvgIpc) is 3.25. The first-order chi connectivity index (χ1) is 18.5. The standard InChI is InChI=1S/C26H25F4N7O2/c1-15-10-16(2-5-22(15)36(25(32)38)17-3-4-21(27)20(12-17)26(28,29)30)19-11-18(13-35-6-8-39-9-7-35)37-23(19)24(31)33-14-34-37/h2-5,10-12,14H,6-9,13H2,1H3,(H2,32,38)(H2,31,33,34). The summed E-state index contributed by atoms with van der Waals surface area (Å²) in [7, 11) is 0. The van der Waals surface area contributed by atoms with E-state index in [-0.39, 0.29) is 17.2 Å². The number of hydrogen-bond acceptors (Lipinski definition) is 6. The van der Waals surface area contributed by atoms with E-state index in [0.717, 1.165) is 40.9 Å². The highest BCUT2D eigenvalue weighted by atomic mass is 19.4. The molecule has 3 heterocycles. The smallest absolute Gasteiger partial charge is 0.382 e. The largest absolute Gasteiger partial charge is 0.419 e. The number of alkyl halides is 3. The number of nitrogen functional groups attached to an aromatic ring is 1. The molecule has 2 aromatic heterocycles. The van der Waals surface area contributed by atoms with Gasteiger partial charge in [0, 0.05) is 25.2 Å². The molecule has 39 heavy (non-hydrogen) atoms. The number of benzene rings is 2. The summed E-state index contributed by atoms with van der Waals surface area (Å²) < 4.78 is 61.0. The van der Waals surface area contributed by atoms with Crippen LogP contribution in [0.4, 0.5) is 39.5 Å². The molecule has 2 amide bonds. The quantitative estimate of drug-likeness (QED) is 0.359. The zero-order valence-corrected chi connectivity index (χ0v) is 20.9. The highest BCUT2D eigenvalue weighted by molar-refractivity contribution is 6.00. The third-order valence-electron chi connectivity index (χ3n) is 6.63. The molecule has 1 saturated heterocycles. The highest BCUT2D eigenvalue weighted by Crippen LogP contribution is 2.38. The number of aromatic nitrogens is 3. The lowest BCUT2D eigenvalue weighted by molar-refractivity contribution is -0.139. The highest BCUT2D eigenvalue weighted by Gasteiger charge is 2.35. The van der Waals surface area contributed by atoms with Crippen molar-refractivity contribution in [2.75, 3.05) is 36.9 Å². The number of halogens is 4. The number of carbonyl (C=O) groups is 1. The molecule has 0 saturated carbocycles. The molecule has 1 aliphatic heterocycles. The molecule has 0 radical (unpaired) electrons. The first-order valence-electron chi connectivity index (χ1n) is 12.0. The zero-order chi connectivity index (χ0) is 27.9. The number of amides is 2. The zero-order valence-electron chi connectivity index (χ0n) is 20.9. The molecule has 4 N–H and O–H groups in total. The second kappa shape index (κ2) is 10.2. The van der Waals surface area contributed by atoms with Gasteiger partial charge in [0.2, 0.25) is 0 Å². The number of nitrogens with two attached hydrogens (primary N) is 2. The van der Waals surface area contributed by atoms with Crippen LogP contribution in [0.5, 0.6) is 0 Å². The lowest BCUT2D eigenvalue weighted by atomic mass is 10.0. The van der Waals surface area contributed by atoms with Gasteiger partial charge < -0.3 is 16.2 Å². The van der Waals surface area contributed by atoms with Crippen LogP contribution in [0, 0.1) is 12.7 Å². The number of nitrogens with zero attached hydrogens (tertiary/aromatic N) is 5. The summed E-state index contributed by atoms with van der Waals surface area (Å²) in [6, 6.07) is 8.26. The third-order valence-corrected chi connectivity index (χ3v) is 6.63. The number of carbonyl (C=O) groups excluding carboxylic acids is 1. The summed E-state index contributed by atoms with van der Waals surface area (Å²) in [5.74, 6) is -1.17. The fourth-order valence-corrected chi connectivity index (χ4v) is 4.78. The summed E-state index contributed by atoms with van der Waals surface area (Å²) in [5, 5.41) is 4.40. The van der Waals surface area contributed by atoms with Gasteiger partial charge in [-0.1, -0.05) is 6.07 Å². The normalized spacial score (nSPS) is 14.6. The van der Waals surface area contributed by atoms with E-state index in [4.69, 9.17) is 16.2 Å². The molecule has 5 rings (SSSR count). The Hall–Kier alpha value is -4.23. The Morgan fingerprint density at radius 2 is 1.87 bits per heavy atom. The second-order valence-corrected chi connectivity index (χ2v) is 9.18. The Labute approximate surface area is 220 Å². The van der Waals surface area contributed by atoms with Crippen molar-refractivity contribution in [3.05, 3.63) is 71.4 Å². The molecule has 13 heteroatoms. The summed E-state index contributed by atoms with van der Waals surface area (Å²) in [4.78, 5) is 19.7. The van der Waals surface area contributed by atoms with E-state index in [9.17, 15) is 22.4 Å². The van der Waals surface area contributed by atoms with E-state index in [0.29, 0.717) is 43.0 Å². The summed E-state index contributed by atoms with van der Waals surface area (Å²) in [5.41, 5.74) is 13.8. The van der Waals surface area contributed by atoms with Crippen LogP contribution in [0.2, 0.25) is 0 Å². The molecule has 0 aliphatic carbocycles. The van der Waals surface area contributed by atoms with Crippen LogP contribution in [0.25, 0.3) is 16.6 Å². The minimum Gasteiger partial charge on any atom is -0.382 e. The van der Waals surface area contributed by atoms with Gasteiger partial charge in [0.15, 0.2) is 5.82 Å². The van der Waals surface area contributed by atoms with Gasteiger partial charge in [0.25, 0.3) is 0 Å². The van der Waals surface area contributed by atoms with E-state index >= 15 is 0 Å². The summed E-state index contributed by atoms with van der Waals surface area (Å²) in [6.45, 7) is 5.14. The van der Waals surface area contributed by atoms with Crippen LogP contribution < -0.4 is 16.4 Å². The molecule has 0 atom stereocenters. The van der Waals surface area contributed by atoms with Crippen molar-refractivity contribution >= 4 is 28.7 Å². The number of morpholine rings is 1. The molecular weight excluding hydrogens is 518 g/mol. The topological polar surface area (TPSA) is 115 Å². The van der Waals surface area contributed by atoms with Crippen LogP contribution in [-0.4, -0.2) is 51.8 Å². The van der Waals surface area contributed by atoms with Crippen LogP contribution in [0.1, 0.15) is 16.8 Å². The van der Waals surface area contributed by atoms with Crippen molar-refractivity contribution < 1.29 is 27.1 Å². The van der Waals surface area contributed by atoms with Gasteiger partial charge in [-0.15, -0.1) is 0 Å². The molecule has 0 spiro atoms. The number of anilines is 3. The molecule has 0 unspecified atom stereocenters. The maximum atomic E-state index is 13.9. The monoisotopic (exact) mass is 543 g/mol. The Balaban J connectivity index is 1.56. The van der Waals surface area contributed by atoms with Crippen molar-refractivity contribution in [1.29, 1.82) is 0 Å². The molecule has 9 nitrogen and oxygen atoms in total. The Morgan fingerprint density at radius 1 is 1.13 bits per heavy atom. The summed E-state index contributed by atoms with van der Waals surface area (Å²) in [6.07, 6.45) is -3.56. The van der Waals surface area contributed by atoms with E-state index in [1.54, 1.807) is 29.6 Å². The first-order valence-corrected chi connectivity index (χ1v) is 12.0. The molecule has 1 fully saturated rings. The Morgan fingerprint density at radius 3 is 2.54 bits per heavy atom. The maximum absolute atomic E-state index is 13.9. The average molecular weight is 544 g/mol. The van der Waals surface area contributed by atoms with Crippen molar-refractivity contribution in [2.24, 2.45) is 5.73 Å². The molecule has 0 bridgehead atoms. The fourth-order valence-electron chi connectivity index (χ4n) is 4.78. The van der Waals surface area contributed by atoms with Crippen molar-refractivity contribution in [3.63, 3.8) is 0 Å². The number of rotatable bonds is 5. The van der Waals surface area contributed by atoms with Gasteiger partial charge in [0.05, 0.1) is 35.8 Å². The molecule has 204 valence electrons. The van der Waals surface area contributed by atoms with Crippen LogP contribution in [0.3, 0.4) is 0 Å².